The number of carbonyl (C=O) groups is 1. The molecule has 3 aromatic rings. The van der Waals surface area contributed by atoms with Crippen LogP contribution in [0, 0.1) is 11.8 Å². The minimum absolute atomic E-state index is 0.0711. The second-order valence-corrected chi connectivity index (χ2v) is 16.4. The van der Waals surface area contributed by atoms with Crippen molar-refractivity contribution in [1.82, 2.24) is 0 Å². The topological polar surface area (TPSA) is 55.8 Å². The standard InChI is InChI=1S/C35H46O4Si/c1-27(2)26-32(36)34(37)39-33(28(3)22-23-29-16-10-7-11-17-29)24-25-38-40(35(4,5)6,30-18-12-8-13-19-30)31-20-14-9-15-21-31/h7-23,27-28,32-33,36H,24-26H2,1-6H3/b23-22+/t28-,32+,33+/m1/s1. The van der Waals surface area contributed by atoms with Crippen LogP contribution in [0.15, 0.2) is 97.1 Å². The highest BCUT2D eigenvalue weighted by molar-refractivity contribution is 6.99. The predicted octanol–water partition coefficient (Wildman–Crippen LogP) is 6.62. The lowest BCUT2D eigenvalue weighted by atomic mass is 10.00. The van der Waals surface area contributed by atoms with Gasteiger partial charge >= 0.3 is 5.97 Å². The molecule has 0 aliphatic rings. The van der Waals surface area contributed by atoms with E-state index in [4.69, 9.17) is 9.16 Å². The molecule has 4 nitrogen and oxygen atoms in total. The van der Waals surface area contributed by atoms with Gasteiger partial charge in [-0.15, -0.1) is 0 Å². The summed E-state index contributed by atoms with van der Waals surface area (Å²) in [6, 6.07) is 31.2. The number of rotatable bonds is 13. The molecular weight excluding hydrogens is 512 g/mol. The highest BCUT2D eigenvalue weighted by atomic mass is 28.4. The average Bonchev–Trinajstić information content (AvgIpc) is 2.93. The third-order valence-corrected chi connectivity index (χ3v) is 12.4. The van der Waals surface area contributed by atoms with E-state index in [9.17, 15) is 9.90 Å². The molecular formula is C35H46O4Si. The van der Waals surface area contributed by atoms with Crippen molar-refractivity contribution in [3.63, 3.8) is 0 Å². The molecule has 0 heterocycles. The normalized spacial score (nSPS) is 14.7. The van der Waals surface area contributed by atoms with Gasteiger partial charge in [-0.3, -0.25) is 0 Å². The molecule has 0 saturated carbocycles. The maximum absolute atomic E-state index is 12.9. The van der Waals surface area contributed by atoms with Crippen molar-refractivity contribution < 1.29 is 19.1 Å². The van der Waals surface area contributed by atoms with Gasteiger partial charge in [-0.1, -0.05) is 145 Å². The van der Waals surface area contributed by atoms with Crippen LogP contribution in [-0.2, 0) is 14.0 Å². The van der Waals surface area contributed by atoms with E-state index >= 15 is 0 Å². The van der Waals surface area contributed by atoms with E-state index < -0.39 is 26.5 Å². The van der Waals surface area contributed by atoms with Crippen molar-refractivity contribution in [3.8, 4) is 0 Å². The zero-order valence-corrected chi connectivity index (χ0v) is 25.9. The van der Waals surface area contributed by atoms with E-state index in [1.54, 1.807) is 0 Å². The Balaban J connectivity index is 1.89. The van der Waals surface area contributed by atoms with Crippen LogP contribution < -0.4 is 10.4 Å². The summed E-state index contributed by atoms with van der Waals surface area (Å²) in [5, 5.41) is 12.8. The molecule has 0 spiro atoms. The molecule has 0 aliphatic heterocycles. The Hall–Kier alpha value is -2.99. The maximum Gasteiger partial charge on any atom is 0.335 e. The zero-order valence-electron chi connectivity index (χ0n) is 24.9. The maximum atomic E-state index is 12.9. The number of carbonyl (C=O) groups excluding carboxylic acids is 1. The molecule has 5 heteroatoms. The van der Waals surface area contributed by atoms with Crippen molar-refractivity contribution in [2.24, 2.45) is 11.8 Å². The lowest BCUT2D eigenvalue weighted by Crippen LogP contribution is -2.66. The molecule has 40 heavy (non-hydrogen) atoms. The monoisotopic (exact) mass is 558 g/mol. The molecule has 214 valence electrons. The average molecular weight is 559 g/mol. The second-order valence-electron chi connectivity index (χ2n) is 12.0. The van der Waals surface area contributed by atoms with Crippen LogP contribution in [0.3, 0.4) is 0 Å². The first-order chi connectivity index (χ1) is 19.0. The SMILES string of the molecule is CC(C)C[C@H](O)C(=O)O[C@@H](CCO[Si](c1ccccc1)(c1ccccc1)C(C)(C)C)[C@H](C)/C=C/c1ccccc1. The molecule has 0 bridgehead atoms. The van der Waals surface area contributed by atoms with Gasteiger partial charge in [0.25, 0.3) is 8.32 Å². The van der Waals surface area contributed by atoms with E-state index in [1.165, 1.54) is 10.4 Å². The summed E-state index contributed by atoms with van der Waals surface area (Å²) < 4.78 is 13.0. The van der Waals surface area contributed by atoms with Gasteiger partial charge in [0.2, 0.25) is 0 Å². The quantitative estimate of drug-likeness (QED) is 0.189. The molecule has 0 unspecified atom stereocenters. The largest absolute Gasteiger partial charge is 0.460 e. The molecule has 0 radical (unpaired) electrons. The van der Waals surface area contributed by atoms with Crippen molar-refractivity contribution in [2.75, 3.05) is 6.61 Å². The summed E-state index contributed by atoms with van der Waals surface area (Å²) in [7, 11) is -2.71. The van der Waals surface area contributed by atoms with Gasteiger partial charge < -0.3 is 14.3 Å². The van der Waals surface area contributed by atoms with Gasteiger partial charge in [-0.25, -0.2) is 4.79 Å². The van der Waals surface area contributed by atoms with Gasteiger partial charge in [0, 0.05) is 18.9 Å². The first-order valence-electron chi connectivity index (χ1n) is 14.4. The molecule has 3 aromatic carbocycles. The summed E-state index contributed by atoms with van der Waals surface area (Å²) in [6.45, 7) is 13.2. The molecule has 1 N–H and O–H groups in total. The van der Waals surface area contributed by atoms with Crippen LogP contribution in [0.5, 0.6) is 0 Å². The fraction of sp³-hybridized carbons (Fsp3) is 0.400. The minimum atomic E-state index is -2.71. The lowest BCUT2D eigenvalue weighted by molar-refractivity contribution is -0.162. The van der Waals surface area contributed by atoms with Crippen LogP contribution in [0.2, 0.25) is 5.04 Å². The number of esters is 1. The van der Waals surface area contributed by atoms with Gasteiger partial charge in [0.15, 0.2) is 6.10 Å². The lowest BCUT2D eigenvalue weighted by Gasteiger charge is -2.43. The summed E-state index contributed by atoms with van der Waals surface area (Å²) in [5.74, 6) is -0.447. The first-order valence-corrected chi connectivity index (χ1v) is 16.3. The summed E-state index contributed by atoms with van der Waals surface area (Å²) in [6.07, 6.45) is 3.45. The van der Waals surface area contributed by atoms with Crippen LogP contribution in [0.25, 0.3) is 6.08 Å². The summed E-state index contributed by atoms with van der Waals surface area (Å²) in [5.41, 5.74) is 1.09. The van der Waals surface area contributed by atoms with Gasteiger partial charge in [-0.2, -0.15) is 0 Å². The van der Waals surface area contributed by atoms with Crippen molar-refractivity contribution in [1.29, 1.82) is 0 Å². The number of ether oxygens (including phenoxy) is 1. The number of hydrogen-bond acceptors (Lipinski definition) is 4. The number of aliphatic hydroxyl groups is 1. The second kappa shape index (κ2) is 14.6. The molecule has 3 rings (SSSR count). The van der Waals surface area contributed by atoms with E-state index in [2.05, 4.69) is 88.4 Å². The van der Waals surface area contributed by atoms with E-state index in [-0.39, 0.29) is 16.9 Å². The number of hydrogen-bond donors (Lipinski definition) is 1. The van der Waals surface area contributed by atoms with Crippen LogP contribution in [0.1, 0.15) is 59.9 Å². The highest BCUT2D eigenvalue weighted by Crippen LogP contribution is 2.37. The molecule has 0 aromatic heterocycles. The smallest absolute Gasteiger partial charge is 0.335 e. The van der Waals surface area contributed by atoms with Crippen molar-refractivity contribution in [2.45, 2.75) is 71.6 Å². The van der Waals surface area contributed by atoms with Gasteiger partial charge in [-0.05, 0) is 33.3 Å². The Morgan fingerprint density at radius 2 is 1.35 bits per heavy atom. The Labute approximate surface area is 242 Å². The van der Waals surface area contributed by atoms with Gasteiger partial charge in [0.05, 0.1) is 0 Å². The highest BCUT2D eigenvalue weighted by Gasteiger charge is 2.50. The van der Waals surface area contributed by atoms with Crippen LogP contribution >= 0.6 is 0 Å². The third kappa shape index (κ3) is 8.26. The molecule has 0 fully saturated rings. The Morgan fingerprint density at radius 3 is 1.82 bits per heavy atom. The number of aliphatic hydroxyl groups excluding tert-OH is 1. The molecule has 0 amide bonds. The third-order valence-electron chi connectivity index (χ3n) is 7.35. The minimum Gasteiger partial charge on any atom is -0.460 e. The van der Waals surface area contributed by atoms with E-state index in [0.29, 0.717) is 19.4 Å². The fourth-order valence-electron chi connectivity index (χ4n) is 5.24. The predicted molar refractivity (Wildman–Crippen MR) is 168 cm³/mol. The summed E-state index contributed by atoms with van der Waals surface area (Å²) in [4.78, 5) is 12.9. The summed E-state index contributed by atoms with van der Waals surface area (Å²) >= 11 is 0. The fourth-order valence-corrected chi connectivity index (χ4v) is 9.82. The Morgan fingerprint density at radius 1 is 0.850 bits per heavy atom. The molecule has 0 saturated heterocycles. The molecule has 0 aliphatic carbocycles. The van der Waals surface area contributed by atoms with Crippen molar-refractivity contribution in [3.05, 3.63) is 103 Å². The van der Waals surface area contributed by atoms with Crippen molar-refractivity contribution >= 4 is 30.7 Å². The van der Waals surface area contributed by atoms with E-state index in [0.717, 1.165) is 5.56 Å². The van der Waals surface area contributed by atoms with Crippen LogP contribution in [0.4, 0.5) is 0 Å². The van der Waals surface area contributed by atoms with Gasteiger partial charge in [0.1, 0.15) is 6.10 Å². The van der Waals surface area contributed by atoms with E-state index in [1.807, 2.05) is 56.3 Å². The molecule has 3 atom stereocenters. The first kappa shape index (κ1) is 31.5. The Bertz CT molecular complexity index is 1150. The van der Waals surface area contributed by atoms with Crippen LogP contribution in [-0.4, -0.2) is 38.2 Å². The number of benzene rings is 3. The zero-order chi connectivity index (χ0) is 29.2. The Kier molecular flexibility index (Phi) is 11.5.